The smallest absolute Gasteiger partial charge is 0.387 e. The summed E-state index contributed by atoms with van der Waals surface area (Å²) in [5.41, 5.74) is 4.01. The third-order valence-electron chi connectivity index (χ3n) is 6.51. The number of likely N-dealkylation sites (tertiary alicyclic amines) is 1. The summed E-state index contributed by atoms with van der Waals surface area (Å²) < 4.78 is 37.8. The maximum absolute atomic E-state index is 13.0. The number of nitrogens with zero attached hydrogens (tertiary/aromatic N) is 3. The highest BCUT2D eigenvalue weighted by Gasteiger charge is 2.21. The van der Waals surface area contributed by atoms with E-state index in [2.05, 4.69) is 34.4 Å². The molecule has 9 heteroatoms. The zero-order chi connectivity index (χ0) is 25.9. The van der Waals surface area contributed by atoms with E-state index < -0.39 is 6.61 Å². The van der Waals surface area contributed by atoms with E-state index in [1.165, 1.54) is 23.0 Å². The maximum Gasteiger partial charge on any atom is 0.387 e. The molecule has 0 unspecified atom stereocenters. The molecule has 2 aromatic carbocycles. The Morgan fingerprint density at radius 2 is 1.81 bits per heavy atom. The second-order valence-electron chi connectivity index (χ2n) is 9.56. The molecule has 6 nitrogen and oxygen atoms in total. The van der Waals surface area contributed by atoms with Crippen LogP contribution < -0.4 is 14.8 Å². The first kappa shape index (κ1) is 25.4. The Balaban J connectivity index is 1.46. The standard InChI is InChI=1S/C28H30F2N4O2S/c1-17(2)35-24-14-19(18-10-12-34(3)13-11-18)8-9-22(24)32-28-31-15-25-26(33-28)21(16-37-25)20-6-4-5-7-23(20)36-27(29)30/h4-9,14-18,27H,10-13H2,1-3H3,(H,31,32,33). The molecule has 194 valence electrons. The van der Waals surface area contributed by atoms with Gasteiger partial charge in [0.1, 0.15) is 11.5 Å². The first-order valence-corrected chi connectivity index (χ1v) is 13.3. The van der Waals surface area contributed by atoms with Gasteiger partial charge in [-0.15, -0.1) is 11.3 Å². The first-order chi connectivity index (χ1) is 17.9. The van der Waals surface area contributed by atoms with Gasteiger partial charge in [0.25, 0.3) is 0 Å². The summed E-state index contributed by atoms with van der Waals surface area (Å²) in [6.45, 7) is 3.28. The lowest BCUT2D eigenvalue weighted by Gasteiger charge is -2.29. The number of aromatic nitrogens is 2. The molecule has 5 rings (SSSR count). The van der Waals surface area contributed by atoms with Crippen LogP contribution in [-0.2, 0) is 0 Å². The summed E-state index contributed by atoms with van der Waals surface area (Å²) >= 11 is 1.46. The molecule has 0 saturated carbocycles. The number of rotatable bonds is 8. The highest BCUT2D eigenvalue weighted by molar-refractivity contribution is 7.17. The summed E-state index contributed by atoms with van der Waals surface area (Å²) in [7, 11) is 2.16. The van der Waals surface area contributed by atoms with E-state index in [-0.39, 0.29) is 11.9 Å². The van der Waals surface area contributed by atoms with Crippen LogP contribution in [0, 0.1) is 0 Å². The molecule has 0 aliphatic carbocycles. The fraction of sp³-hybridized carbons (Fsp3) is 0.357. The third-order valence-corrected chi connectivity index (χ3v) is 7.42. The second-order valence-corrected chi connectivity index (χ2v) is 10.5. The Bertz CT molecular complexity index is 1370. The largest absolute Gasteiger partial charge is 0.489 e. The number of anilines is 2. The number of para-hydroxylation sites is 1. The quantitative estimate of drug-likeness (QED) is 0.261. The minimum atomic E-state index is -2.91. The number of hydrogen-bond acceptors (Lipinski definition) is 7. The Hall–Kier alpha value is -3.30. The molecule has 0 amide bonds. The molecular weight excluding hydrogens is 494 g/mol. The van der Waals surface area contributed by atoms with Crippen molar-refractivity contribution in [2.24, 2.45) is 0 Å². The maximum atomic E-state index is 13.0. The van der Waals surface area contributed by atoms with Crippen molar-refractivity contribution in [3.05, 3.63) is 59.6 Å². The van der Waals surface area contributed by atoms with Crippen molar-refractivity contribution in [3.8, 4) is 22.6 Å². The lowest BCUT2D eigenvalue weighted by Crippen LogP contribution is -2.29. The van der Waals surface area contributed by atoms with Crippen LogP contribution >= 0.6 is 11.3 Å². The summed E-state index contributed by atoms with van der Waals surface area (Å²) in [4.78, 5) is 11.6. The summed E-state index contributed by atoms with van der Waals surface area (Å²) in [5, 5.41) is 5.21. The molecule has 2 aromatic heterocycles. The summed E-state index contributed by atoms with van der Waals surface area (Å²) in [6.07, 6.45) is 4.00. The molecule has 0 spiro atoms. The molecule has 4 aromatic rings. The Morgan fingerprint density at radius 3 is 2.57 bits per heavy atom. The minimum Gasteiger partial charge on any atom is -0.489 e. The third kappa shape index (κ3) is 5.83. The van der Waals surface area contributed by atoms with Gasteiger partial charge in [0.05, 0.1) is 28.2 Å². The molecule has 1 saturated heterocycles. The van der Waals surface area contributed by atoms with Crippen molar-refractivity contribution in [1.82, 2.24) is 14.9 Å². The Labute approximate surface area is 219 Å². The number of nitrogens with one attached hydrogen (secondary N) is 1. The Kier molecular flexibility index (Phi) is 7.53. The molecule has 37 heavy (non-hydrogen) atoms. The number of alkyl halides is 2. The van der Waals surface area contributed by atoms with Gasteiger partial charge in [-0.1, -0.05) is 24.3 Å². The Morgan fingerprint density at radius 1 is 1.03 bits per heavy atom. The molecule has 1 aliphatic rings. The number of halogens is 2. The molecule has 1 aliphatic heterocycles. The van der Waals surface area contributed by atoms with E-state index in [1.807, 2.05) is 25.3 Å². The van der Waals surface area contributed by atoms with Crippen LogP contribution in [0.4, 0.5) is 20.4 Å². The van der Waals surface area contributed by atoms with Crippen LogP contribution in [0.25, 0.3) is 21.3 Å². The minimum absolute atomic E-state index is 0.00602. The highest BCUT2D eigenvalue weighted by atomic mass is 32.1. The highest BCUT2D eigenvalue weighted by Crippen LogP contribution is 2.39. The molecule has 0 atom stereocenters. The van der Waals surface area contributed by atoms with Gasteiger partial charge < -0.3 is 19.7 Å². The van der Waals surface area contributed by atoms with Crippen LogP contribution in [0.1, 0.15) is 38.2 Å². The van der Waals surface area contributed by atoms with Crippen molar-refractivity contribution in [1.29, 1.82) is 0 Å². The van der Waals surface area contributed by atoms with Gasteiger partial charge in [-0.05, 0) is 76.5 Å². The predicted octanol–water partition coefficient (Wildman–Crippen LogP) is 7.30. The molecule has 3 heterocycles. The lowest BCUT2D eigenvalue weighted by atomic mass is 9.89. The van der Waals surface area contributed by atoms with E-state index in [9.17, 15) is 8.78 Å². The van der Waals surface area contributed by atoms with E-state index in [0.29, 0.717) is 22.9 Å². The average Bonchev–Trinajstić information content (AvgIpc) is 3.28. The van der Waals surface area contributed by atoms with E-state index in [0.717, 1.165) is 47.6 Å². The SMILES string of the molecule is CC(C)Oc1cc(C2CCN(C)CC2)ccc1Nc1ncc2scc(-c3ccccc3OC(F)F)c2n1. The van der Waals surface area contributed by atoms with Crippen LogP contribution in [0.15, 0.2) is 54.0 Å². The second kappa shape index (κ2) is 11.0. The molecular formula is C28H30F2N4O2S. The monoisotopic (exact) mass is 524 g/mol. The van der Waals surface area contributed by atoms with Gasteiger partial charge in [0, 0.05) is 16.5 Å². The normalized spacial score (nSPS) is 15.0. The van der Waals surface area contributed by atoms with Crippen molar-refractivity contribution in [2.75, 3.05) is 25.5 Å². The zero-order valence-electron chi connectivity index (χ0n) is 21.1. The van der Waals surface area contributed by atoms with Gasteiger partial charge >= 0.3 is 6.61 Å². The van der Waals surface area contributed by atoms with Crippen LogP contribution in [0.2, 0.25) is 0 Å². The number of ether oxygens (including phenoxy) is 2. The number of fused-ring (bicyclic) bond motifs is 1. The van der Waals surface area contributed by atoms with Crippen LogP contribution in [0.5, 0.6) is 11.5 Å². The van der Waals surface area contributed by atoms with Crippen molar-refractivity contribution < 1.29 is 18.3 Å². The van der Waals surface area contributed by atoms with Gasteiger partial charge in [-0.25, -0.2) is 9.97 Å². The van der Waals surface area contributed by atoms with E-state index >= 15 is 0 Å². The number of thiophene rings is 1. The average molecular weight is 525 g/mol. The van der Waals surface area contributed by atoms with Crippen molar-refractivity contribution in [2.45, 2.75) is 45.3 Å². The fourth-order valence-electron chi connectivity index (χ4n) is 4.68. The number of hydrogen-bond donors (Lipinski definition) is 1. The summed E-state index contributed by atoms with van der Waals surface area (Å²) in [6, 6.07) is 13.1. The lowest BCUT2D eigenvalue weighted by molar-refractivity contribution is -0.0494. The molecule has 1 N–H and O–H groups in total. The van der Waals surface area contributed by atoms with Crippen LogP contribution in [-0.4, -0.2) is 47.7 Å². The fourth-order valence-corrected chi connectivity index (χ4v) is 5.54. The van der Waals surface area contributed by atoms with Crippen LogP contribution in [0.3, 0.4) is 0 Å². The predicted molar refractivity (Wildman–Crippen MR) is 144 cm³/mol. The number of piperidine rings is 1. The van der Waals surface area contributed by atoms with Crippen molar-refractivity contribution in [3.63, 3.8) is 0 Å². The van der Waals surface area contributed by atoms with Gasteiger partial charge in [0.15, 0.2) is 0 Å². The first-order valence-electron chi connectivity index (χ1n) is 12.4. The topological polar surface area (TPSA) is 59.5 Å². The molecule has 0 radical (unpaired) electrons. The van der Waals surface area contributed by atoms with Gasteiger partial charge in [0.2, 0.25) is 5.95 Å². The van der Waals surface area contributed by atoms with E-state index in [1.54, 1.807) is 24.4 Å². The summed E-state index contributed by atoms with van der Waals surface area (Å²) in [5.74, 6) is 1.79. The zero-order valence-corrected chi connectivity index (χ0v) is 21.9. The van der Waals surface area contributed by atoms with E-state index in [4.69, 9.17) is 14.5 Å². The van der Waals surface area contributed by atoms with Gasteiger partial charge in [-0.3, -0.25) is 0 Å². The molecule has 0 bridgehead atoms. The number of benzene rings is 2. The van der Waals surface area contributed by atoms with Gasteiger partial charge in [-0.2, -0.15) is 8.78 Å². The molecule has 1 fully saturated rings. The van der Waals surface area contributed by atoms with Crippen molar-refractivity contribution >= 4 is 33.2 Å².